The van der Waals surface area contributed by atoms with E-state index in [1.807, 2.05) is 0 Å². The molecule has 0 aliphatic heterocycles. The second-order valence-corrected chi connectivity index (χ2v) is 7.42. The van der Waals surface area contributed by atoms with Gasteiger partial charge in [0.1, 0.15) is 11.5 Å². The zero-order chi connectivity index (χ0) is 24.5. The molecule has 0 heterocycles. The number of hydrazone groups is 1. The number of carbonyl (C=O) groups excluding carboxylic acids is 3. The third-order valence-corrected chi connectivity index (χ3v) is 4.84. The van der Waals surface area contributed by atoms with Crippen molar-refractivity contribution >= 4 is 41.3 Å². The van der Waals surface area contributed by atoms with E-state index < -0.39 is 11.9 Å². The summed E-state index contributed by atoms with van der Waals surface area (Å²) in [6.07, 6.45) is 1.69. The highest BCUT2D eigenvalue weighted by molar-refractivity contribution is 6.31. The van der Waals surface area contributed by atoms with Gasteiger partial charge in [0, 0.05) is 28.3 Å². The maximum Gasteiger partial charge on any atom is 0.343 e. The van der Waals surface area contributed by atoms with Gasteiger partial charge in [-0.1, -0.05) is 24.6 Å². The molecule has 174 valence electrons. The number of benzene rings is 3. The largest absolute Gasteiger partial charge is 0.497 e. The Bertz CT molecular complexity index is 1230. The summed E-state index contributed by atoms with van der Waals surface area (Å²) in [5.41, 5.74) is 4.05. The first-order valence-electron chi connectivity index (χ1n) is 10.3. The number of anilines is 1. The molecule has 2 N–H and O–H groups in total. The van der Waals surface area contributed by atoms with Crippen LogP contribution in [-0.4, -0.2) is 31.1 Å². The first kappa shape index (κ1) is 24.5. The predicted molar refractivity (Wildman–Crippen MR) is 130 cm³/mol. The molecule has 0 spiro atoms. The van der Waals surface area contributed by atoms with Gasteiger partial charge in [0.05, 0.1) is 18.9 Å². The van der Waals surface area contributed by atoms with Gasteiger partial charge < -0.3 is 14.8 Å². The fourth-order valence-corrected chi connectivity index (χ4v) is 2.98. The van der Waals surface area contributed by atoms with Crippen LogP contribution in [0.1, 0.15) is 39.6 Å². The fourth-order valence-electron chi connectivity index (χ4n) is 2.80. The van der Waals surface area contributed by atoms with Crippen LogP contribution in [0.4, 0.5) is 5.69 Å². The van der Waals surface area contributed by atoms with E-state index in [9.17, 15) is 14.4 Å². The van der Waals surface area contributed by atoms with Gasteiger partial charge in [-0.25, -0.2) is 10.2 Å². The number of nitrogens with zero attached hydrogens (tertiary/aromatic N) is 1. The van der Waals surface area contributed by atoms with Gasteiger partial charge in [-0.2, -0.15) is 5.10 Å². The van der Waals surface area contributed by atoms with Crippen molar-refractivity contribution in [2.24, 2.45) is 5.10 Å². The highest BCUT2D eigenvalue weighted by Crippen LogP contribution is 2.23. The predicted octanol–water partition coefficient (Wildman–Crippen LogP) is 4.68. The summed E-state index contributed by atoms with van der Waals surface area (Å²) in [5, 5.41) is 7.05. The fraction of sp³-hybridized carbons (Fsp3) is 0.120. The molecule has 0 fully saturated rings. The molecule has 0 atom stereocenters. The van der Waals surface area contributed by atoms with E-state index in [2.05, 4.69) is 15.8 Å². The molecule has 0 radical (unpaired) electrons. The molecule has 0 aliphatic rings. The van der Waals surface area contributed by atoms with Crippen molar-refractivity contribution in [1.82, 2.24) is 5.43 Å². The average molecular weight is 480 g/mol. The molecule has 0 saturated carbocycles. The number of halogens is 1. The van der Waals surface area contributed by atoms with Crippen molar-refractivity contribution < 1.29 is 23.9 Å². The van der Waals surface area contributed by atoms with Crippen LogP contribution < -0.4 is 20.2 Å². The maximum atomic E-state index is 12.5. The van der Waals surface area contributed by atoms with Gasteiger partial charge in [-0.15, -0.1) is 0 Å². The molecule has 3 rings (SSSR count). The number of amides is 2. The Balaban J connectivity index is 1.68. The van der Waals surface area contributed by atoms with Gasteiger partial charge in [0.15, 0.2) is 0 Å². The average Bonchev–Trinajstić information content (AvgIpc) is 2.85. The molecule has 0 unspecified atom stereocenters. The monoisotopic (exact) mass is 479 g/mol. The van der Waals surface area contributed by atoms with E-state index in [0.717, 1.165) is 0 Å². The number of ether oxygens (including phenoxy) is 2. The van der Waals surface area contributed by atoms with Gasteiger partial charge in [0.2, 0.25) is 5.91 Å². The summed E-state index contributed by atoms with van der Waals surface area (Å²) in [7, 11) is 1.51. The number of methoxy groups -OCH3 is 1. The van der Waals surface area contributed by atoms with Crippen LogP contribution in [0, 0.1) is 0 Å². The van der Waals surface area contributed by atoms with Crippen molar-refractivity contribution in [3.63, 3.8) is 0 Å². The van der Waals surface area contributed by atoms with E-state index in [-0.39, 0.29) is 11.7 Å². The van der Waals surface area contributed by atoms with Crippen LogP contribution >= 0.6 is 11.6 Å². The van der Waals surface area contributed by atoms with Crippen molar-refractivity contribution in [3.8, 4) is 11.5 Å². The zero-order valence-corrected chi connectivity index (χ0v) is 19.3. The SMILES string of the molecule is CCC(=O)Nc1ccc(C(=O)N/N=C/c2cc(Cl)ccc2OC(=O)c2cccc(OC)c2)cc1. The summed E-state index contributed by atoms with van der Waals surface area (Å²) < 4.78 is 10.6. The molecular weight excluding hydrogens is 458 g/mol. The third-order valence-electron chi connectivity index (χ3n) is 4.60. The van der Waals surface area contributed by atoms with E-state index in [1.54, 1.807) is 67.6 Å². The number of hydrogen-bond acceptors (Lipinski definition) is 6. The number of nitrogens with one attached hydrogen (secondary N) is 2. The van der Waals surface area contributed by atoms with Crippen LogP contribution in [0.15, 0.2) is 71.8 Å². The Morgan fingerprint density at radius 3 is 2.47 bits per heavy atom. The molecule has 0 aromatic heterocycles. The number of rotatable bonds is 8. The molecule has 9 heteroatoms. The van der Waals surface area contributed by atoms with E-state index in [0.29, 0.717) is 39.6 Å². The Kier molecular flexibility index (Phi) is 8.37. The number of hydrogen-bond donors (Lipinski definition) is 2. The molecule has 0 saturated heterocycles. The minimum Gasteiger partial charge on any atom is -0.497 e. The minimum absolute atomic E-state index is 0.119. The molecular formula is C25H22ClN3O5. The Morgan fingerprint density at radius 2 is 1.76 bits per heavy atom. The molecule has 3 aromatic carbocycles. The second kappa shape index (κ2) is 11.6. The molecule has 34 heavy (non-hydrogen) atoms. The van der Waals surface area contributed by atoms with Crippen LogP contribution in [0.5, 0.6) is 11.5 Å². The van der Waals surface area contributed by atoms with E-state index >= 15 is 0 Å². The third kappa shape index (κ3) is 6.66. The van der Waals surface area contributed by atoms with Crippen LogP contribution in [0.2, 0.25) is 5.02 Å². The van der Waals surface area contributed by atoms with Gasteiger partial charge in [0.25, 0.3) is 5.91 Å². The topological polar surface area (TPSA) is 106 Å². The lowest BCUT2D eigenvalue weighted by molar-refractivity contribution is -0.115. The number of carbonyl (C=O) groups is 3. The lowest BCUT2D eigenvalue weighted by Gasteiger charge is -2.09. The van der Waals surface area contributed by atoms with Crippen molar-refractivity contribution in [1.29, 1.82) is 0 Å². The maximum absolute atomic E-state index is 12.5. The first-order valence-corrected chi connectivity index (χ1v) is 10.7. The zero-order valence-electron chi connectivity index (χ0n) is 18.5. The standard InChI is InChI=1S/C25H22ClN3O5/c1-3-23(30)28-20-10-7-16(8-11-20)24(31)29-27-15-18-13-19(26)9-12-22(18)34-25(32)17-5-4-6-21(14-17)33-2/h4-15H,3H2,1-2H3,(H,28,30)(H,29,31)/b27-15+. The smallest absolute Gasteiger partial charge is 0.343 e. The molecule has 0 aliphatic carbocycles. The van der Waals surface area contributed by atoms with Gasteiger partial charge >= 0.3 is 5.97 Å². The van der Waals surface area contributed by atoms with Crippen molar-refractivity contribution in [3.05, 3.63) is 88.4 Å². The van der Waals surface area contributed by atoms with Crippen molar-refractivity contribution in [2.75, 3.05) is 12.4 Å². The number of esters is 1. The van der Waals surface area contributed by atoms with Gasteiger partial charge in [-0.05, 0) is 60.7 Å². The first-order chi connectivity index (χ1) is 16.4. The summed E-state index contributed by atoms with van der Waals surface area (Å²) >= 11 is 6.07. The second-order valence-electron chi connectivity index (χ2n) is 6.98. The van der Waals surface area contributed by atoms with Crippen LogP contribution in [0.25, 0.3) is 0 Å². The minimum atomic E-state index is -0.588. The lowest BCUT2D eigenvalue weighted by atomic mass is 10.2. The Morgan fingerprint density at radius 1 is 1.00 bits per heavy atom. The summed E-state index contributed by atoms with van der Waals surface area (Å²) in [6.45, 7) is 1.75. The van der Waals surface area contributed by atoms with Crippen LogP contribution in [-0.2, 0) is 4.79 Å². The summed E-state index contributed by atoms with van der Waals surface area (Å²) in [6, 6.07) is 17.6. The highest BCUT2D eigenvalue weighted by atomic mass is 35.5. The van der Waals surface area contributed by atoms with Crippen molar-refractivity contribution in [2.45, 2.75) is 13.3 Å². The van der Waals surface area contributed by atoms with E-state index in [4.69, 9.17) is 21.1 Å². The summed E-state index contributed by atoms with van der Waals surface area (Å²) in [5.74, 6) is -0.426. The normalized spacial score (nSPS) is 10.6. The molecule has 0 bridgehead atoms. The van der Waals surface area contributed by atoms with Crippen LogP contribution in [0.3, 0.4) is 0 Å². The lowest BCUT2D eigenvalue weighted by Crippen LogP contribution is -2.18. The highest BCUT2D eigenvalue weighted by Gasteiger charge is 2.13. The molecule has 8 nitrogen and oxygen atoms in total. The Hall–Kier alpha value is -4.17. The molecule has 2 amide bonds. The molecule has 3 aromatic rings. The summed E-state index contributed by atoms with van der Waals surface area (Å²) in [4.78, 5) is 36.4. The van der Waals surface area contributed by atoms with E-state index in [1.165, 1.54) is 19.4 Å². The quantitative estimate of drug-likeness (QED) is 0.211. The Labute approximate surface area is 201 Å². The van der Waals surface area contributed by atoms with Gasteiger partial charge in [-0.3, -0.25) is 9.59 Å².